The molecule has 2 aromatic heterocycles. The number of aromatic nitrogens is 4. The Morgan fingerprint density at radius 2 is 1.91 bits per heavy atom. The number of para-hydroxylation sites is 1. The third kappa shape index (κ3) is 2.73. The van der Waals surface area contributed by atoms with Crippen LogP contribution in [0.2, 0.25) is 0 Å². The first-order valence-corrected chi connectivity index (χ1v) is 7.48. The van der Waals surface area contributed by atoms with E-state index < -0.39 is 5.91 Å². The van der Waals surface area contributed by atoms with Crippen molar-refractivity contribution in [3.8, 4) is 0 Å². The molecule has 3 rings (SSSR count). The van der Waals surface area contributed by atoms with Gasteiger partial charge in [0.05, 0.1) is 5.52 Å². The zero-order valence-electron chi connectivity index (χ0n) is 13.0. The van der Waals surface area contributed by atoms with Gasteiger partial charge in [-0.1, -0.05) is 12.1 Å². The van der Waals surface area contributed by atoms with Gasteiger partial charge in [0.2, 0.25) is 5.43 Å². The second kappa shape index (κ2) is 6.04. The molecule has 23 heavy (non-hydrogen) atoms. The lowest BCUT2D eigenvalue weighted by molar-refractivity contribution is 0.101. The minimum Gasteiger partial charge on any atom is -0.304 e. The third-order valence-electron chi connectivity index (χ3n) is 3.58. The Labute approximate surface area is 132 Å². The molecule has 0 saturated carbocycles. The summed E-state index contributed by atoms with van der Waals surface area (Å²) in [6.45, 7) is 5.12. The normalized spacial score (nSPS) is 10.9. The molecule has 0 atom stereocenters. The Balaban J connectivity index is 2.03. The average Bonchev–Trinajstić information content (AvgIpc) is 3.03. The van der Waals surface area contributed by atoms with E-state index in [2.05, 4.69) is 15.5 Å². The molecule has 0 aliphatic carbocycles. The van der Waals surface area contributed by atoms with Gasteiger partial charge < -0.3 is 5.32 Å². The van der Waals surface area contributed by atoms with E-state index in [-0.39, 0.29) is 11.1 Å². The van der Waals surface area contributed by atoms with Gasteiger partial charge in [-0.15, -0.1) is 0 Å². The van der Waals surface area contributed by atoms with Crippen LogP contribution < -0.4 is 10.7 Å². The molecular weight excluding hydrogens is 294 g/mol. The number of nitrogens with zero attached hydrogens (tertiary/aromatic N) is 4. The summed E-state index contributed by atoms with van der Waals surface area (Å²) >= 11 is 0. The van der Waals surface area contributed by atoms with E-state index in [1.165, 1.54) is 0 Å². The van der Waals surface area contributed by atoms with Gasteiger partial charge in [0, 0.05) is 30.7 Å². The number of nitrogens with one attached hydrogen (secondary N) is 1. The van der Waals surface area contributed by atoms with Crippen LogP contribution in [0.5, 0.6) is 0 Å². The van der Waals surface area contributed by atoms with Crippen molar-refractivity contribution in [2.45, 2.75) is 26.9 Å². The largest absolute Gasteiger partial charge is 0.304 e. The predicted octanol–water partition coefficient (Wildman–Crippen LogP) is 1.89. The van der Waals surface area contributed by atoms with E-state index in [1.807, 2.05) is 26.0 Å². The number of benzene rings is 1. The van der Waals surface area contributed by atoms with Crippen molar-refractivity contribution in [2.24, 2.45) is 0 Å². The van der Waals surface area contributed by atoms with Crippen molar-refractivity contribution in [2.75, 3.05) is 5.32 Å². The Bertz CT molecular complexity index is 926. The van der Waals surface area contributed by atoms with E-state index >= 15 is 0 Å². The first kappa shape index (κ1) is 15.0. The maximum absolute atomic E-state index is 12.5. The van der Waals surface area contributed by atoms with Crippen molar-refractivity contribution in [1.29, 1.82) is 0 Å². The number of carbonyl (C=O) groups is 1. The molecule has 0 bridgehead atoms. The Morgan fingerprint density at radius 3 is 2.61 bits per heavy atom. The van der Waals surface area contributed by atoms with E-state index in [9.17, 15) is 9.59 Å². The summed E-state index contributed by atoms with van der Waals surface area (Å²) in [5, 5.41) is 11.5. The van der Waals surface area contributed by atoms with E-state index in [0.717, 1.165) is 0 Å². The van der Waals surface area contributed by atoms with Crippen molar-refractivity contribution >= 4 is 22.6 Å². The monoisotopic (exact) mass is 311 g/mol. The number of hydrogen-bond donors (Lipinski definition) is 1. The molecule has 0 radical (unpaired) electrons. The molecule has 3 aromatic rings. The fourth-order valence-corrected chi connectivity index (χ4v) is 2.41. The van der Waals surface area contributed by atoms with Crippen molar-refractivity contribution < 1.29 is 4.79 Å². The summed E-state index contributed by atoms with van der Waals surface area (Å²) in [5.41, 5.74) is 0.209. The molecule has 1 aromatic carbocycles. The fourth-order valence-electron chi connectivity index (χ4n) is 2.41. The summed E-state index contributed by atoms with van der Waals surface area (Å²) < 4.78 is 3.34. The summed E-state index contributed by atoms with van der Waals surface area (Å²) in [6, 6.07) is 8.81. The van der Waals surface area contributed by atoms with Crippen LogP contribution in [0.1, 0.15) is 24.3 Å². The van der Waals surface area contributed by atoms with Gasteiger partial charge in [-0.25, -0.2) is 0 Å². The number of carbonyl (C=O) groups excluding carboxylic acids is 1. The quantitative estimate of drug-likeness (QED) is 0.797. The van der Waals surface area contributed by atoms with Crippen LogP contribution in [-0.4, -0.2) is 25.5 Å². The average molecular weight is 311 g/mol. The lowest BCUT2D eigenvalue weighted by Crippen LogP contribution is -2.27. The first-order valence-electron chi connectivity index (χ1n) is 7.48. The molecule has 0 saturated heterocycles. The van der Waals surface area contributed by atoms with Crippen LogP contribution >= 0.6 is 0 Å². The fraction of sp³-hybridized carbons (Fsp3) is 0.250. The number of anilines is 1. The molecule has 0 aliphatic heterocycles. The van der Waals surface area contributed by atoms with Crippen LogP contribution in [-0.2, 0) is 13.1 Å². The molecule has 1 amide bonds. The van der Waals surface area contributed by atoms with Gasteiger partial charge in [-0.2, -0.15) is 10.2 Å². The minimum absolute atomic E-state index is 0.128. The zero-order chi connectivity index (χ0) is 16.4. The van der Waals surface area contributed by atoms with Crippen LogP contribution in [0.4, 0.5) is 5.82 Å². The van der Waals surface area contributed by atoms with E-state index in [4.69, 9.17) is 0 Å². The highest BCUT2D eigenvalue weighted by atomic mass is 16.2. The van der Waals surface area contributed by atoms with Crippen LogP contribution in [0.15, 0.2) is 41.3 Å². The maximum atomic E-state index is 12.5. The minimum atomic E-state index is -0.552. The van der Waals surface area contributed by atoms with Crippen molar-refractivity contribution in [1.82, 2.24) is 19.6 Å². The van der Waals surface area contributed by atoms with Crippen molar-refractivity contribution in [3.05, 3.63) is 52.4 Å². The highest BCUT2D eigenvalue weighted by Crippen LogP contribution is 2.10. The Kier molecular flexibility index (Phi) is 3.92. The molecule has 2 heterocycles. The number of aryl methyl sites for hydroxylation is 2. The lowest BCUT2D eigenvalue weighted by Gasteiger charge is -2.09. The van der Waals surface area contributed by atoms with Gasteiger partial charge in [0.25, 0.3) is 5.91 Å². The third-order valence-corrected chi connectivity index (χ3v) is 3.58. The van der Waals surface area contributed by atoms with E-state index in [0.29, 0.717) is 29.8 Å². The predicted molar refractivity (Wildman–Crippen MR) is 87.5 cm³/mol. The van der Waals surface area contributed by atoms with Gasteiger partial charge >= 0.3 is 0 Å². The summed E-state index contributed by atoms with van der Waals surface area (Å²) in [6.07, 6.45) is 1.76. The van der Waals surface area contributed by atoms with Gasteiger partial charge in [0.15, 0.2) is 11.5 Å². The molecule has 0 aliphatic rings. The summed E-state index contributed by atoms with van der Waals surface area (Å²) in [5.74, 6) is -0.154. The lowest BCUT2D eigenvalue weighted by atomic mass is 10.2. The van der Waals surface area contributed by atoms with Crippen molar-refractivity contribution in [3.63, 3.8) is 0 Å². The second-order valence-electron chi connectivity index (χ2n) is 5.02. The molecule has 7 nitrogen and oxygen atoms in total. The van der Waals surface area contributed by atoms with E-state index in [1.54, 1.807) is 33.8 Å². The number of fused-ring (bicyclic) bond motifs is 1. The molecule has 0 fully saturated rings. The number of hydrogen-bond acceptors (Lipinski definition) is 4. The first-order chi connectivity index (χ1) is 11.1. The molecule has 118 valence electrons. The molecule has 1 N–H and O–H groups in total. The summed E-state index contributed by atoms with van der Waals surface area (Å²) in [4.78, 5) is 24.9. The van der Waals surface area contributed by atoms with Crippen LogP contribution in [0.25, 0.3) is 10.9 Å². The van der Waals surface area contributed by atoms with Gasteiger partial charge in [-0.3, -0.25) is 19.0 Å². The second-order valence-corrected chi connectivity index (χ2v) is 5.02. The van der Waals surface area contributed by atoms with Gasteiger partial charge in [-0.05, 0) is 26.0 Å². The number of rotatable bonds is 4. The Morgan fingerprint density at radius 1 is 1.13 bits per heavy atom. The molecule has 7 heteroatoms. The molecule has 0 spiro atoms. The number of amides is 1. The van der Waals surface area contributed by atoms with Gasteiger partial charge in [0.1, 0.15) is 0 Å². The van der Waals surface area contributed by atoms with Crippen LogP contribution in [0, 0.1) is 0 Å². The molecule has 0 unspecified atom stereocenters. The highest BCUT2D eigenvalue weighted by molar-refractivity contribution is 6.03. The zero-order valence-corrected chi connectivity index (χ0v) is 13.0. The Hall–Kier alpha value is -2.96. The topological polar surface area (TPSA) is 81.8 Å². The molecular formula is C16H17N5O2. The smallest absolute Gasteiger partial charge is 0.281 e. The standard InChI is InChI=1S/C16H17N5O2/c1-3-20-10-9-13(18-20)17-16(23)14-15(22)11-7-5-6-8-12(11)21(4-2)19-14/h5-10H,3-4H2,1-2H3,(H,17,18,23). The SMILES string of the molecule is CCn1ccc(NC(=O)c2nn(CC)c3ccccc3c2=O)n1. The summed E-state index contributed by atoms with van der Waals surface area (Å²) in [7, 11) is 0. The van der Waals surface area contributed by atoms with Crippen LogP contribution in [0.3, 0.4) is 0 Å². The maximum Gasteiger partial charge on any atom is 0.281 e. The highest BCUT2D eigenvalue weighted by Gasteiger charge is 2.17.